The Kier molecular flexibility index (Phi) is 7.83. The lowest BCUT2D eigenvalue weighted by Gasteiger charge is -2.46. The third kappa shape index (κ3) is 6.12. The van der Waals surface area contributed by atoms with Crippen molar-refractivity contribution >= 4 is 17.2 Å². The van der Waals surface area contributed by atoms with Crippen LogP contribution in [0.3, 0.4) is 0 Å². The van der Waals surface area contributed by atoms with Gasteiger partial charge in [-0.15, -0.1) is 0 Å². The van der Waals surface area contributed by atoms with Crippen molar-refractivity contribution in [3.63, 3.8) is 0 Å². The van der Waals surface area contributed by atoms with E-state index in [1.165, 1.54) is 17.0 Å². The van der Waals surface area contributed by atoms with Gasteiger partial charge >= 0.3 is 12.4 Å². The molecular formula is C28H28F6N4O2. The highest BCUT2D eigenvalue weighted by Crippen LogP contribution is 2.43. The van der Waals surface area contributed by atoms with Gasteiger partial charge in [0.2, 0.25) is 0 Å². The van der Waals surface area contributed by atoms with Crippen LogP contribution < -0.4 is 14.7 Å². The first-order valence-electron chi connectivity index (χ1n) is 12.8. The van der Waals surface area contributed by atoms with Gasteiger partial charge in [0.1, 0.15) is 5.82 Å². The van der Waals surface area contributed by atoms with E-state index < -0.39 is 36.6 Å². The molecule has 1 N–H and O–H groups in total. The molecule has 40 heavy (non-hydrogen) atoms. The summed E-state index contributed by atoms with van der Waals surface area (Å²) >= 11 is 0. The molecule has 1 saturated heterocycles. The second-order valence-electron chi connectivity index (χ2n) is 9.84. The van der Waals surface area contributed by atoms with Crippen molar-refractivity contribution < 1.29 is 36.2 Å². The summed E-state index contributed by atoms with van der Waals surface area (Å²) in [6.07, 6.45) is -10.5. The van der Waals surface area contributed by atoms with Gasteiger partial charge in [0.15, 0.2) is 6.10 Å². The number of aliphatic hydroxyl groups is 1. The van der Waals surface area contributed by atoms with Crippen molar-refractivity contribution in [2.75, 3.05) is 54.1 Å². The zero-order chi connectivity index (χ0) is 28.5. The Balaban J connectivity index is 1.52. The molecule has 2 aromatic carbocycles. The van der Waals surface area contributed by atoms with Gasteiger partial charge in [-0.05, 0) is 47.5 Å². The summed E-state index contributed by atoms with van der Waals surface area (Å²) in [4.78, 5) is 9.86. The number of fused-ring (bicyclic) bond motifs is 1. The van der Waals surface area contributed by atoms with Crippen molar-refractivity contribution in [2.24, 2.45) is 0 Å². The van der Waals surface area contributed by atoms with Crippen LogP contribution in [-0.2, 0) is 17.5 Å². The van der Waals surface area contributed by atoms with Gasteiger partial charge in [0.25, 0.3) is 0 Å². The van der Waals surface area contributed by atoms with Gasteiger partial charge in [-0.2, -0.15) is 26.3 Å². The van der Waals surface area contributed by atoms with Gasteiger partial charge in [-0.3, -0.25) is 0 Å². The molecule has 0 bridgehead atoms. The van der Waals surface area contributed by atoms with E-state index in [1.807, 2.05) is 17.0 Å². The van der Waals surface area contributed by atoms with Gasteiger partial charge in [0.05, 0.1) is 42.7 Å². The first-order valence-corrected chi connectivity index (χ1v) is 12.8. The number of pyridine rings is 1. The number of aliphatic hydroxyl groups excluding tert-OH is 1. The van der Waals surface area contributed by atoms with Crippen molar-refractivity contribution in [1.82, 2.24) is 4.98 Å². The van der Waals surface area contributed by atoms with E-state index in [4.69, 9.17) is 4.74 Å². The minimum Gasteiger partial charge on any atom is -0.382 e. The number of para-hydroxylation sites is 2. The molecule has 2 unspecified atom stereocenters. The van der Waals surface area contributed by atoms with Crippen LogP contribution in [0.2, 0.25) is 0 Å². The quantitative estimate of drug-likeness (QED) is 0.402. The highest BCUT2D eigenvalue weighted by molar-refractivity contribution is 5.75. The Hall–Kier alpha value is -3.51. The third-order valence-electron chi connectivity index (χ3n) is 7.17. The first kappa shape index (κ1) is 28.0. The summed E-state index contributed by atoms with van der Waals surface area (Å²) in [7, 11) is 0. The molecule has 1 aromatic heterocycles. The van der Waals surface area contributed by atoms with Crippen LogP contribution in [-0.4, -0.2) is 61.8 Å². The molecule has 3 heterocycles. The summed E-state index contributed by atoms with van der Waals surface area (Å²) in [5.74, 6) is 0.774. The molecule has 2 aliphatic heterocycles. The van der Waals surface area contributed by atoms with E-state index >= 15 is 0 Å². The summed E-state index contributed by atoms with van der Waals surface area (Å²) < 4.78 is 86.4. The van der Waals surface area contributed by atoms with Crippen LogP contribution in [0.25, 0.3) is 0 Å². The van der Waals surface area contributed by atoms with E-state index in [2.05, 4.69) is 9.88 Å². The van der Waals surface area contributed by atoms with Gasteiger partial charge in [-0.25, -0.2) is 4.98 Å². The van der Waals surface area contributed by atoms with Crippen molar-refractivity contribution in [2.45, 2.75) is 31.0 Å². The first-order chi connectivity index (χ1) is 19.0. The predicted molar refractivity (Wildman–Crippen MR) is 138 cm³/mol. The maximum Gasteiger partial charge on any atom is 0.416 e. The topological polar surface area (TPSA) is 52.1 Å². The van der Waals surface area contributed by atoms with Gasteiger partial charge in [0, 0.05) is 32.4 Å². The standard InChI is InChI=1S/C28H28F6N4O2/c29-27(30,31)21-5-3-4-20(15-21)24-17-37(16-19-8-9-35-26(14-19)36-10-12-40-13-11-36)22-6-1-2-7-23(22)38(24)18-25(39)28(32,33)34/h1-9,14-15,24-25,39H,10-13,16-18H2. The van der Waals surface area contributed by atoms with E-state index in [-0.39, 0.29) is 12.1 Å². The predicted octanol–water partition coefficient (Wildman–Crippen LogP) is 5.43. The number of rotatable bonds is 6. The number of nitrogens with zero attached hydrogens (tertiary/aromatic N) is 4. The number of hydrogen-bond donors (Lipinski definition) is 1. The monoisotopic (exact) mass is 566 g/mol. The molecular weight excluding hydrogens is 538 g/mol. The fourth-order valence-electron chi connectivity index (χ4n) is 5.17. The molecule has 5 rings (SSSR count). The maximum absolute atomic E-state index is 13.6. The van der Waals surface area contributed by atoms with E-state index in [0.29, 0.717) is 44.2 Å². The fraction of sp³-hybridized carbons (Fsp3) is 0.393. The summed E-state index contributed by atoms with van der Waals surface area (Å²) in [5, 5.41) is 9.99. The highest BCUT2D eigenvalue weighted by Gasteiger charge is 2.43. The average Bonchev–Trinajstić information content (AvgIpc) is 2.94. The smallest absolute Gasteiger partial charge is 0.382 e. The normalized spacial score (nSPS) is 19.0. The minimum absolute atomic E-state index is 0.0953. The van der Waals surface area contributed by atoms with Gasteiger partial charge in [-0.1, -0.05) is 24.3 Å². The Labute approximate surface area is 227 Å². The minimum atomic E-state index is -4.89. The number of anilines is 3. The molecule has 12 heteroatoms. The molecule has 0 amide bonds. The van der Waals surface area contributed by atoms with Gasteiger partial charge < -0.3 is 24.5 Å². The zero-order valence-electron chi connectivity index (χ0n) is 21.4. The largest absolute Gasteiger partial charge is 0.416 e. The number of ether oxygens (including phenoxy) is 1. The van der Waals surface area contributed by atoms with Crippen LogP contribution in [0.15, 0.2) is 66.9 Å². The molecule has 2 aliphatic rings. The van der Waals surface area contributed by atoms with Crippen LogP contribution in [0.1, 0.15) is 22.7 Å². The molecule has 1 fully saturated rings. The molecule has 0 radical (unpaired) electrons. The van der Waals surface area contributed by atoms with E-state index in [9.17, 15) is 31.4 Å². The summed E-state index contributed by atoms with van der Waals surface area (Å²) in [5.41, 5.74) is 1.20. The van der Waals surface area contributed by atoms with Crippen molar-refractivity contribution in [3.8, 4) is 0 Å². The van der Waals surface area contributed by atoms with Crippen LogP contribution in [0.4, 0.5) is 43.5 Å². The molecule has 0 spiro atoms. The summed E-state index contributed by atoms with van der Waals surface area (Å²) in [6.45, 7) is 2.17. The molecule has 2 atom stereocenters. The molecule has 0 aliphatic carbocycles. The van der Waals surface area contributed by atoms with Crippen molar-refractivity contribution in [3.05, 3.63) is 83.6 Å². The molecule has 3 aromatic rings. The second kappa shape index (κ2) is 11.2. The van der Waals surface area contributed by atoms with Crippen LogP contribution in [0.5, 0.6) is 0 Å². The van der Waals surface area contributed by atoms with Crippen LogP contribution in [0, 0.1) is 0 Å². The number of morpholine rings is 1. The SMILES string of the molecule is OC(CN1c2ccccc2N(Cc2ccnc(N3CCOCC3)c2)CC1c1cccc(C(F)(F)F)c1)C(F)(F)F. The van der Waals surface area contributed by atoms with Crippen molar-refractivity contribution in [1.29, 1.82) is 0 Å². The number of β-amino-alcohol motifs (C(OH)–C–C–N with tert-alkyl or cyclic N) is 1. The average molecular weight is 567 g/mol. The highest BCUT2D eigenvalue weighted by atomic mass is 19.4. The number of aromatic nitrogens is 1. The Bertz CT molecular complexity index is 1310. The third-order valence-corrected chi connectivity index (χ3v) is 7.17. The number of hydrogen-bond acceptors (Lipinski definition) is 6. The maximum atomic E-state index is 13.6. The lowest BCUT2D eigenvalue weighted by Crippen LogP contribution is -2.49. The number of alkyl halides is 6. The second-order valence-corrected chi connectivity index (χ2v) is 9.84. The van der Waals surface area contributed by atoms with Crippen LogP contribution >= 0.6 is 0 Å². The zero-order valence-corrected chi connectivity index (χ0v) is 21.4. The molecule has 0 saturated carbocycles. The molecule has 6 nitrogen and oxygen atoms in total. The van der Waals surface area contributed by atoms with E-state index in [1.54, 1.807) is 30.5 Å². The lowest BCUT2D eigenvalue weighted by molar-refractivity contribution is -0.200. The number of halogens is 6. The Morgan fingerprint density at radius 3 is 2.35 bits per heavy atom. The fourth-order valence-corrected chi connectivity index (χ4v) is 5.17. The Morgan fingerprint density at radius 2 is 1.65 bits per heavy atom. The lowest BCUT2D eigenvalue weighted by atomic mass is 9.96. The summed E-state index contributed by atoms with van der Waals surface area (Å²) in [6, 6.07) is 14.3. The Morgan fingerprint density at radius 1 is 0.925 bits per heavy atom. The number of benzene rings is 2. The van der Waals surface area contributed by atoms with E-state index in [0.717, 1.165) is 23.5 Å². The molecule has 214 valence electrons.